The molecule has 0 aliphatic carbocycles. The molecule has 0 aromatic heterocycles. The van der Waals surface area contributed by atoms with E-state index in [2.05, 4.69) is 34.4 Å². The van der Waals surface area contributed by atoms with Crippen molar-refractivity contribution in [2.24, 2.45) is 4.99 Å². The zero-order chi connectivity index (χ0) is 17.1. The van der Waals surface area contributed by atoms with Gasteiger partial charge in [0.25, 0.3) is 0 Å². The molecule has 0 bridgehead atoms. The predicted molar refractivity (Wildman–Crippen MR) is 93.9 cm³/mol. The van der Waals surface area contributed by atoms with E-state index in [1.54, 1.807) is 11.9 Å². The molecule has 1 aliphatic rings. The molecule has 0 unspecified atom stereocenters. The third-order valence-electron chi connectivity index (χ3n) is 4.20. The van der Waals surface area contributed by atoms with Crippen molar-refractivity contribution in [3.05, 3.63) is 0 Å². The lowest BCUT2D eigenvalue weighted by Gasteiger charge is -2.32. The molecule has 0 saturated carbocycles. The number of hydrogen-bond donors (Lipinski definition) is 2. The van der Waals surface area contributed by atoms with Crippen LogP contribution in [0.15, 0.2) is 4.99 Å². The van der Waals surface area contributed by atoms with Crippen molar-refractivity contribution in [3.8, 4) is 0 Å². The smallest absolute Gasteiger partial charge is 0.409 e. The van der Waals surface area contributed by atoms with E-state index in [1.165, 1.54) is 13.5 Å². The van der Waals surface area contributed by atoms with Gasteiger partial charge in [0.2, 0.25) is 0 Å². The van der Waals surface area contributed by atoms with Gasteiger partial charge in [0.1, 0.15) is 0 Å². The van der Waals surface area contributed by atoms with Gasteiger partial charge in [-0.25, -0.2) is 4.79 Å². The first-order valence-corrected chi connectivity index (χ1v) is 8.67. The molecule has 1 rings (SSSR count). The van der Waals surface area contributed by atoms with E-state index in [1.807, 2.05) is 0 Å². The Labute approximate surface area is 140 Å². The van der Waals surface area contributed by atoms with E-state index in [4.69, 9.17) is 4.74 Å². The Morgan fingerprint density at radius 3 is 2.52 bits per heavy atom. The van der Waals surface area contributed by atoms with Crippen LogP contribution in [0.2, 0.25) is 0 Å². The van der Waals surface area contributed by atoms with Crippen molar-refractivity contribution in [2.75, 3.05) is 53.4 Å². The van der Waals surface area contributed by atoms with Crippen molar-refractivity contribution in [1.29, 1.82) is 0 Å². The summed E-state index contributed by atoms with van der Waals surface area (Å²) >= 11 is 0. The van der Waals surface area contributed by atoms with Crippen molar-refractivity contribution < 1.29 is 9.53 Å². The van der Waals surface area contributed by atoms with Crippen molar-refractivity contribution >= 4 is 12.1 Å². The molecule has 23 heavy (non-hydrogen) atoms. The number of ether oxygens (including phenoxy) is 1. The first kappa shape index (κ1) is 19.5. The average Bonchev–Trinajstić information content (AvgIpc) is 2.59. The SMILES string of the molecule is CCCN(CC)CCNC(=NC)NC1CCN(C(=O)OC)CC1. The van der Waals surface area contributed by atoms with Gasteiger partial charge in [0, 0.05) is 39.3 Å². The number of carbonyl (C=O) groups is 1. The Morgan fingerprint density at radius 2 is 2.00 bits per heavy atom. The van der Waals surface area contributed by atoms with Crippen LogP contribution in [0.1, 0.15) is 33.1 Å². The second kappa shape index (κ2) is 11.1. The summed E-state index contributed by atoms with van der Waals surface area (Å²) in [5.74, 6) is 0.842. The van der Waals surface area contributed by atoms with Gasteiger partial charge in [0.05, 0.1) is 7.11 Å². The summed E-state index contributed by atoms with van der Waals surface area (Å²) in [4.78, 5) is 19.9. The van der Waals surface area contributed by atoms with Crippen LogP contribution in [0.25, 0.3) is 0 Å². The molecule has 134 valence electrons. The fourth-order valence-corrected chi connectivity index (χ4v) is 2.80. The Hall–Kier alpha value is -1.50. The molecule has 0 radical (unpaired) electrons. The molecule has 1 amide bonds. The van der Waals surface area contributed by atoms with E-state index in [0.29, 0.717) is 6.04 Å². The minimum absolute atomic E-state index is 0.235. The minimum Gasteiger partial charge on any atom is -0.453 e. The lowest BCUT2D eigenvalue weighted by atomic mass is 10.1. The van der Waals surface area contributed by atoms with E-state index >= 15 is 0 Å². The highest BCUT2D eigenvalue weighted by Gasteiger charge is 2.23. The Bertz CT molecular complexity index is 367. The number of likely N-dealkylation sites (N-methyl/N-ethyl adjacent to an activating group) is 1. The topological polar surface area (TPSA) is 69.2 Å². The lowest BCUT2D eigenvalue weighted by Crippen LogP contribution is -2.50. The van der Waals surface area contributed by atoms with E-state index < -0.39 is 0 Å². The Kier molecular flexibility index (Phi) is 9.43. The van der Waals surface area contributed by atoms with Crippen LogP contribution in [0.5, 0.6) is 0 Å². The molecule has 0 aromatic carbocycles. The van der Waals surface area contributed by atoms with Gasteiger partial charge in [-0.3, -0.25) is 4.99 Å². The maximum absolute atomic E-state index is 11.5. The Balaban J connectivity index is 2.28. The maximum Gasteiger partial charge on any atom is 0.409 e. The standard InChI is InChI=1S/C16H33N5O2/c1-5-10-20(6-2)13-9-18-15(17-3)19-14-7-11-21(12-8-14)16(22)23-4/h14H,5-13H2,1-4H3,(H2,17,18,19). The molecular weight excluding hydrogens is 294 g/mol. The maximum atomic E-state index is 11.5. The number of hydrogen-bond acceptors (Lipinski definition) is 4. The van der Waals surface area contributed by atoms with E-state index in [0.717, 1.165) is 58.1 Å². The largest absolute Gasteiger partial charge is 0.453 e. The summed E-state index contributed by atoms with van der Waals surface area (Å²) in [5, 5.41) is 6.83. The second-order valence-electron chi connectivity index (χ2n) is 5.81. The first-order valence-electron chi connectivity index (χ1n) is 8.67. The molecular formula is C16H33N5O2. The van der Waals surface area contributed by atoms with Crippen LogP contribution < -0.4 is 10.6 Å². The van der Waals surface area contributed by atoms with Gasteiger partial charge in [-0.15, -0.1) is 0 Å². The number of likely N-dealkylation sites (tertiary alicyclic amines) is 1. The van der Waals surface area contributed by atoms with E-state index in [-0.39, 0.29) is 6.09 Å². The molecule has 1 aliphatic heterocycles. The van der Waals surface area contributed by atoms with Gasteiger partial charge in [0.15, 0.2) is 5.96 Å². The molecule has 7 heteroatoms. The molecule has 1 fully saturated rings. The number of guanidine groups is 1. The zero-order valence-corrected chi connectivity index (χ0v) is 15.1. The monoisotopic (exact) mass is 327 g/mol. The molecule has 2 N–H and O–H groups in total. The third kappa shape index (κ3) is 7.07. The Morgan fingerprint density at radius 1 is 1.30 bits per heavy atom. The van der Waals surface area contributed by atoms with Crippen molar-refractivity contribution in [3.63, 3.8) is 0 Å². The summed E-state index contributed by atoms with van der Waals surface area (Å²) in [7, 11) is 3.22. The number of piperidine rings is 1. The summed E-state index contributed by atoms with van der Waals surface area (Å²) in [6.45, 7) is 9.96. The molecule has 1 heterocycles. The van der Waals surface area contributed by atoms with Gasteiger partial charge < -0.3 is 25.2 Å². The molecule has 0 spiro atoms. The molecule has 1 saturated heterocycles. The lowest BCUT2D eigenvalue weighted by molar-refractivity contribution is 0.111. The summed E-state index contributed by atoms with van der Waals surface area (Å²) in [6, 6.07) is 0.347. The molecule has 0 atom stereocenters. The van der Waals surface area contributed by atoms with Crippen LogP contribution in [-0.2, 0) is 4.74 Å². The number of amides is 1. The number of nitrogens with zero attached hydrogens (tertiary/aromatic N) is 3. The van der Waals surface area contributed by atoms with Gasteiger partial charge in [-0.1, -0.05) is 13.8 Å². The number of nitrogens with one attached hydrogen (secondary N) is 2. The highest BCUT2D eigenvalue weighted by Crippen LogP contribution is 2.11. The van der Waals surface area contributed by atoms with Crippen molar-refractivity contribution in [1.82, 2.24) is 20.4 Å². The summed E-state index contributed by atoms with van der Waals surface area (Å²) in [6.07, 6.45) is 2.76. The number of methoxy groups -OCH3 is 1. The van der Waals surface area contributed by atoms with Gasteiger partial charge in [-0.05, 0) is 32.4 Å². The van der Waals surface area contributed by atoms with Gasteiger partial charge in [-0.2, -0.15) is 0 Å². The fourth-order valence-electron chi connectivity index (χ4n) is 2.80. The highest BCUT2D eigenvalue weighted by atomic mass is 16.5. The first-order chi connectivity index (χ1) is 11.1. The predicted octanol–water partition coefficient (Wildman–Crippen LogP) is 1.11. The number of aliphatic imine (C=N–C) groups is 1. The molecule has 0 aromatic rings. The van der Waals surface area contributed by atoms with Crippen molar-refractivity contribution in [2.45, 2.75) is 39.2 Å². The van der Waals surface area contributed by atoms with Crippen LogP contribution >= 0.6 is 0 Å². The quantitative estimate of drug-likeness (QED) is 0.542. The van der Waals surface area contributed by atoms with Crippen LogP contribution in [0, 0.1) is 0 Å². The highest BCUT2D eigenvalue weighted by molar-refractivity contribution is 5.80. The van der Waals surface area contributed by atoms with Crippen LogP contribution in [-0.4, -0.2) is 81.3 Å². The molecule has 7 nitrogen and oxygen atoms in total. The second-order valence-corrected chi connectivity index (χ2v) is 5.81. The average molecular weight is 327 g/mol. The number of rotatable bonds is 7. The summed E-state index contributed by atoms with van der Waals surface area (Å²) in [5.41, 5.74) is 0. The fraction of sp³-hybridized carbons (Fsp3) is 0.875. The summed E-state index contributed by atoms with van der Waals surface area (Å²) < 4.78 is 4.76. The number of carbonyl (C=O) groups excluding carboxylic acids is 1. The van der Waals surface area contributed by atoms with Crippen LogP contribution in [0.3, 0.4) is 0 Å². The zero-order valence-electron chi connectivity index (χ0n) is 15.1. The van der Waals surface area contributed by atoms with E-state index in [9.17, 15) is 4.79 Å². The normalized spacial score (nSPS) is 16.6. The van der Waals surface area contributed by atoms with Gasteiger partial charge >= 0.3 is 6.09 Å². The van der Waals surface area contributed by atoms with Crippen LogP contribution in [0.4, 0.5) is 4.79 Å². The third-order valence-corrected chi connectivity index (χ3v) is 4.20. The minimum atomic E-state index is -0.235.